The van der Waals surface area contributed by atoms with E-state index >= 15 is 0 Å². The molecule has 0 heterocycles. The Morgan fingerprint density at radius 2 is 2.05 bits per heavy atom. The van der Waals surface area contributed by atoms with Gasteiger partial charge in [0, 0.05) is 11.6 Å². The van der Waals surface area contributed by atoms with Gasteiger partial charge in [-0.2, -0.15) is 0 Å². The van der Waals surface area contributed by atoms with Crippen molar-refractivity contribution in [1.29, 1.82) is 0 Å². The van der Waals surface area contributed by atoms with Crippen LogP contribution in [0, 0.1) is 12.7 Å². The molecule has 1 atom stereocenters. The van der Waals surface area contributed by atoms with Crippen LogP contribution >= 0.6 is 0 Å². The molecule has 0 aliphatic heterocycles. The lowest BCUT2D eigenvalue weighted by Crippen LogP contribution is -2.36. The first-order chi connectivity index (χ1) is 8.92. The number of nitrogens with one attached hydrogen (secondary N) is 1. The molecule has 0 saturated carbocycles. The van der Waals surface area contributed by atoms with Gasteiger partial charge in [0.05, 0.1) is 6.42 Å². The van der Waals surface area contributed by atoms with Crippen LogP contribution in [0.3, 0.4) is 0 Å². The van der Waals surface area contributed by atoms with Gasteiger partial charge in [-0.15, -0.1) is 0 Å². The number of hydrogen-bond acceptors (Lipinski definition) is 2. The van der Waals surface area contributed by atoms with Gasteiger partial charge in [-0.3, -0.25) is 9.59 Å². The van der Waals surface area contributed by atoms with E-state index in [2.05, 4.69) is 5.32 Å². The molecule has 0 fully saturated rings. The Morgan fingerprint density at radius 1 is 1.37 bits per heavy atom. The molecule has 1 aromatic rings. The highest BCUT2D eigenvalue weighted by atomic mass is 19.1. The maximum Gasteiger partial charge on any atom is 0.305 e. The molecule has 0 aliphatic carbocycles. The van der Waals surface area contributed by atoms with E-state index < -0.39 is 23.7 Å². The third kappa shape index (κ3) is 5.07. The fourth-order valence-corrected chi connectivity index (χ4v) is 1.92. The van der Waals surface area contributed by atoms with Crippen LogP contribution in [-0.4, -0.2) is 23.0 Å². The molecule has 0 spiro atoms. The van der Waals surface area contributed by atoms with Crippen molar-refractivity contribution in [3.05, 3.63) is 35.1 Å². The van der Waals surface area contributed by atoms with E-state index in [0.717, 1.165) is 12.5 Å². The number of carboxylic acid groups (broad SMARTS) is 1. The summed E-state index contributed by atoms with van der Waals surface area (Å²) in [6.07, 6.45) is 1.21. The van der Waals surface area contributed by atoms with Crippen molar-refractivity contribution in [3.8, 4) is 0 Å². The van der Waals surface area contributed by atoms with Gasteiger partial charge in [-0.05, 0) is 37.1 Å². The Morgan fingerprint density at radius 3 is 2.58 bits per heavy atom. The molecule has 104 valence electrons. The number of benzene rings is 1. The van der Waals surface area contributed by atoms with Gasteiger partial charge in [0.15, 0.2) is 0 Å². The molecule has 0 saturated heterocycles. The number of carboxylic acids is 1. The first kappa shape index (κ1) is 15.1. The topological polar surface area (TPSA) is 66.4 Å². The van der Waals surface area contributed by atoms with Crippen LogP contribution in [-0.2, 0) is 4.79 Å². The molecule has 5 heteroatoms. The highest BCUT2D eigenvalue weighted by Crippen LogP contribution is 2.10. The first-order valence-corrected chi connectivity index (χ1v) is 6.22. The first-order valence-electron chi connectivity index (χ1n) is 6.22. The summed E-state index contributed by atoms with van der Waals surface area (Å²) >= 11 is 0. The van der Waals surface area contributed by atoms with Crippen LogP contribution in [0.2, 0.25) is 0 Å². The summed E-state index contributed by atoms with van der Waals surface area (Å²) in [4.78, 5) is 22.6. The molecule has 1 aromatic carbocycles. The van der Waals surface area contributed by atoms with Gasteiger partial charge in [0.25, 0.3) is 5.91 Å². The standard InChI is InChI=1S/C14H18FNO3/c1-3-4-12(8-13(17)18)16-14(19)10-5-9(2)6-11(15)7-10/h5-7,12H,3-4,8H2,1-2H3,(H,16,19)(H,17,18)/t12-/m0/s1. The average Bonchev–Trinajstić information content (AvgIpc) is 2.26. The SMILES string of the molecule is CCC[C@@H](CC(=O)O)NC(=O)c1cc(C)cc(F)c1. The second-order valence-electron chi connectivity index (χ2n) is 4.57. The largest absolute Gasteiger partial charge is 0.481 e. The molecular weight excluding hydrogens is 249 g/mol. The van der Waals surface area contributed by atoms with E-state index in [1.807, 2.05) is 6.92 Å². The van der Waals surface area contributed by atoms with Crippen LogP contribution in [0.4, 0.5) is 4.39 Å². The highest BCUT2D eigenvalue weighted by Gasteiger charge is 2.16. The number of halogens is 1. The van der Waals surface area contributed by atoms with E-state index in [4.69, 9.17) is 5.11 Å². The van der Waals surface area contributed by atoms with Crippen molar-refractivity contribution in [2.75, 3.05) is 0 Å². The normalized spacial score (nSPS) is 11.9. The number of aliphatic carboxylic acids is 1. The number of aryl methyl sites for hydroxylation is 1. The number of amides is 1. The quantitative estimate of drug-likeness (QED) is 0.832. The highest BCUT2D eigenvalue weighted by molar-refractivity contribution is 5.94. The summed E-state index contributed by atoms with van der Waals surface area (Å²) in [5, 5.41) is 11.4. The van der Waals surface area contributed by atoms with Crippen molar-refractivity contribution in [2.24, 2.45) is 0 Å². The monoisotopic (exact) mass is 267 g/mol. The Kier molecular flexibility index (Phi) is 5.48. The third-order valence-corrected chi connectivity index (χ3v) is 2.70. The Labute approximate surface area is 111 Å². The van der Waals surface area contributed by atoms with Gasteiger partial charge in [0.1, 0.15) is 5.82 Å². The molecule has 1 amide bonds. The minimum Gasteiger partial charge on any atom is -0.481 e. The van der Waals surface area contributed by atoms with Gasteiger partial charge < -0.3 is 10.4 Å². The Hall–Kier alpha value is -1.91. The van der Waals surface area contributed by atoms with Crippen LogP contribution in [0.15, 0.2) is 18.2 Å². The summed E-state index contributed by atoms with van der Waals surface area (Å²) in [5.41, 5.74) is 0.861. The molecule has 2 N–H and O–H groups in total. The zero-order chi connectivity index (χ0) is 14.4. The number of hydrogen-bond donors (Lipinski definition) is 2. The molecule has 19 heavy (non-hydrogen) atoms. The van der Waals surface area contributed by atoms with Crippen LogP contribution in [0.25, 0.3) is 0 Å². The zero-order valence-corrected chi connectivity index (χ0v) is 11.1. The van der Waals surface area contributed by atoms with Crippen molar-refractivity contribution >= 4 is 11.9 Å². The third-order valence-electron chi connectivity index (χ3n) is 2.70. The molecule has 0 radical (unpaired) electrons. The Balaban J connectivity index is 2.77. The fraction of sp³-hybridized carbons (Fsp3) is 0.429. The van der Waals surface area contributed by atoms with Gasteiger partial charge in [0.2, 0.25) is 0 Å². The fourth-order valence-electron chi connectivity index (χ4n) is 1.92. The molecule has 1 rings (SSSR count). The van der Waals surface area contributed by atoms with E-state index in [9.17, 15) is 14.0 Å². The van der Waals surface area contributed by atoms with Crippen molar-refractivity contribution < 1.29 is 19.1 Å². The predicted molar refractivity (Wildman–Crippen MR) is 69.6 cm³/mol. The predicted octanol–water partition coefficient (Wildman–Crippen LogP) is 2.51. The Bertz CT molecular complexity index is 454. The van der Waals surface area contributed by atoms with E-state index in [1.54, 1.807) is 13.0 Å². The lowest BCUT2D eigenvalue weighted by atomic mass is 10.1. The van der Waals surface area contributed by atoms with Crippen molar-refractivity contribution in [1.82, 2.24) is 5.32 Å². The molecule has 0 aliphatic rings. The maximum absolute atomic E-state index is 13.2. The van der Waals surface area contributed by atoms with Gasteiger partial charge in [-0.1, -0.05) is 13.3 Å². The number of carbonyl (C=O) groups excluding carboxylic acids is 1. The minimum atomic E-state index is -0.964. The summed E-state index contributed by atoms with van der Waals surface area (Å²) < 4.78 is 13.2. The molecule has 4 nitrogen and oxygen atoms in total. The smallest absolute Gasteiger partial charge is 0.305 e. The van der Waals surface area contributed by atoms with Crippen LogP contribution in [0.5, 0.6) is 0 Å². The zero-order valence-electron chi connectivity index (χ0n) is 11.1. The molecular formula is C14H18FNO3. The van der Waals surface area contributed by atoms with Crippen molar-refractivity contribution in [3.63, 3.8) is 0 Å². The van der Waals surface area contributed by atoms with Gasteiger partial charge >= 0.3 is 5.97 Å². The summed E-state index contributed by atoms with van der Waals surface area (Å²) in [5.74, 6) is -1.88. The summed E-state index contributed by atoms with van der Waals surface area (Å²) in [7, 11) is 0. The number of rotatable bonds is 6. The molecule has 0 bridgehead atoms. The van der Waals surface area contributed by atoms with E-state index in [-0.39, 0.29) is 12.0 Å². The van der Waals surface area contributed by atoms with E-state index in [1.165, 1.54) is 6.07 Å². The molecule has 0 unspecified atom stereocenters. The molecule has 0 aromatic heterocycles. The lowest BCUT2D eigenvalue weighted by Gasteiger charge is -2.16. The second kappa shape index (κ2) is 6.87. The summed E-state index contributed by atoms with van der Waals surface area (Å²) in [6.45, 7) is 3.61. The minimum absolute atomic E-state index is 0.131. The lowest BCUT2D eigenvalue weighted by molar-refractivity contribution is -0.137. The summed E-state index contributed by atoms with van der Waals surface area (Å²) in [6, 6.07) is 3.62. The average molecular weight is 267 g/mol. The van der Waals surface area contributed by atoms with E-state index in [0.29, 0.717) is 12.0 Å². The number of carbonyl (C=O) groups is 2. The van der Waals surface area contributed by atoms with Gasteiger partial charge in [-0.25, -0.2) is 4.39 Å². The van der Waals surface area contributed by atoms with Crippen LogP contribution in [0.1, 0.15) is 42.1 Å². The van der Waals surface area contributed by atoms with Crippen molar-refractivity contribution in [2.45, 2.75) is 39.2 Å². The van der Waals surface area contributed by atoms with Crippen LogP contribution < -0.4 is 5.32 Å². The second-order valence-corrected chi connectivity index (χ2v) is 4.57. The maximum atomic E-state index is 13.2.